The van der Waals surface area contributed by atoms with Gasteiger partial charge in [0.1, 0.15) is 15.8 Å². The Hall–Kier alpha value is -3.70. The molecule has 1 atom stereocenters. The van der Waals surface area contributed by atoms with Crippen molar-refractivity contribution in [3.63, 3.8) is 0 Å². The van der Waals surface area contributed by atoms with Crippen LogP contribution in [0, 0.1) is 0 Å². The van der Waals surface area contributed by atoms with Gasteiger partial charge in [0.25, 0.3) is 11.5 Å². The number of aromatic nitrogens is 2. The van der Waals surface area contributed by atoms with Gasteiger partial charge in [-0.05, 0) is 37.6 Å². The van der Waals surface area contributed by atoms with Crippen LogP contribution >= 0.6 is 24.0 Å². The SMILES string of the molecule is CCOC(=O)N1CCN(c2nc3ccccn3c(=O)c2/C=C2\SC(=S)N([C@H](C)c3ccccc3)C2=O)CC1. The molecule has 2 aromatic heterocycles. The van der Waals surface area contributed by atoms with Crippen LogP contribution in [-0.2, 0) is 9.53 Å². The zero-order valence-corrected chi connectivity index (χ0v) is 22.7. The van der Waals surface area contributed by atoms with E-state index in [2.05, 4.69) is 0 Å². The molecule has 2 fully saturated rings. The average molecular weight is 550 g/mol. The van der Waals surface area contributed by atoms with E-state index in [1.54, 1.807) is 41.1 Å². The molecule has 38 heavy (non-hydrogen) atoms. The molecule has 196 valence electrons. The van der Waals surface area contributed by atoms with Crippen LogP contribution in [0.15, 0.2) is 64.4 Å². The molecule has 11 heteroatoms. The maximum Gasteiger partial charge on any atom is 0.409 e. The number of ether oxygens (including phenoxy) is 1. The van der Waals surface area contributed by atoms with E-state index in [9.17, 15) is 14.4 Å². The van der Waals surface area contributed by atoms with Crippen LogP contribution in [0.4, 0.5) is 10.6 Å². The number of carbonyl (C=O) groups excluding carboxylic acids is 2. The molecule has 2 amide bonds. The molecule has 0 unspecified atom stereocenters. The Balaban J connectivity index is 1.51. The summed E-state index contributed by atoms with van der Waals surface area (Å²) in [6, 6.07) is 14.8. The van der Waals surface area contributed by atoms with Crippen molar-refractivity contribution in [1.29, 1.82) is 0 Å². The fraction of sp³-hybridized carbons (Fsp3) is 0.296. The molecule has 4 heterocycles. The highest BCUT2D eigenvalue weighted by Crippen LogP contribution is 2.38. The summed E-state index contributed by atoms with van der Waals surface area (Å²) < 4.78 is 7.04. The van der Waals surface area contributed by atoms with E-state index in [4.69, 9.17) is 21.9 Å². The second-order valence-electron chi connectivity index (χ2n) is 8.89. The van der Waals surface area contributed by atoms with Crippen molar-refractivity contribution in [3.8, 4) is 0 Å². The number of hydrogen-bond donors (Lipinski definition) is 0. The molecule has 9 nitrogen and oxygen atoms in total. The molecule has 0 aliphatic carbocycles. The van der Waals surface area contributed by atoms with Crippen molar-refractivity contribution in [2.24, 2.45) is 0 Å². The fourth-order valence-electron chi connectivity index (χ4n) is 4.60. The normalized spacial score (nSPS) is 17.9. The number of piperazine rings is 1. The topological polar surface area (TPSA) is 87.5 Å². The smallest absolute Gasteiger partial charge is 0.409 e. The van der Waals surface area contributed by atoms with Crippen molar-refractivity contribution in [2.75, 3.05) is 37.7 Å². The zero-order valence-electron chi connectivity index (χ0n) is 21.1. The molecule has 0 bridgehead atoms. The van der Waals surface area contributed by atoms with Crippen molar-refractivity contribution in [2.45, 2.75) is 19.9 Å². The monoisotopic (exact) mass is 549 g/mol. The number of thioether (sulfide) groups is 1. The first-order valence-corrected chi connectivity index (χ1v) is 13.6. The van der Waals surface area contributed by atoms with E-state index < -0.39 is 0 Å². The maximum absolute atomic E-state index is 13.7. The summed E-state index contributed by atoms with van der Waals surface area (Å²) in [4.78, 5) is 49.7. The van der Waals surface area contributed by atoms with Gasteiger partial charge in [-0.3, -0.25) is 18.9 Å². The van der Waals surface area contributed by atoms with Gasteiger partial charge in [-0.15, -0.1) is 0 Å². The lowest BCUT2D eigenvalue weighted by molar-refractivity contribution is -0.123. The van der Waals surface area contributed by atoms with Gasteiger partial charge in [0.05, 0.1) is 23.1 Å². The second-order valence-corrected chi connectivity index (χ2v) is 10.6. The molecule has 2 aliphatic rings. The van der Waals surface area contributed by atoms with Gasteiger partial charge in [0.2, 0.25) is 0 Å². The predicted molar refractivity (Wildman–Crippen MR) is 152 cm³/mol. The van der Waals surface area contributed by atoms with Gasteiger partial charge >= 0.3 is 6.09 Å². The van der Waals surface area contributed by atoms with E-state index in [0.717, 1.165) is 5.56 Å². The summed E-state index contributed by atoms with van der Waals surface area (Å²) in [5, 5.41) is 0. The van der Waals surface area contributed by atoms with Crippen LogP contribution in [0.25, 0.3) is 11.7 Å². The molecular formula is C27H27N5O4S2. The summed E-state index contributed by atoms with van der Waals surface area (Å²) in [6.45, 7) is 5.84. The number of pyridine rings is 1. The third-order valence-electron chi connectivity index (χ3n) is 6.62. The van der Waals surface area contributed by atoms with Crippen molar-refractivity contribution >= 4 is 57.8 Å². The van der Waals surface area contributed by atoms with Crippen molar-refractivity contribution in [3.05, 3.63) is 81.1 Å². The summed E-state index contributed by atoms with van der Waals surface area (Å²) in [7, 11) is 0. The second kappa shape index (κ2) is 11.0. The van der Waals surface area contributed by atoms with Gasteiger partial charge in [-0.25, -0.2) is 9.78 Å². The molecule has 0 N–H and O–H groups in total. The number of rotatable bonds is 5. The fourth-order valence-corrected chi connectivity index (χ4v) is 6.00. The Kier molecular flexibility index (Phi) is 7.48. The summed E-state index contributed by atoms with van der Waals surface area (Å²) in [6.07, 6.45) is 2.92. The maximum atomic E-state index is 13.7. The number of amides is 2. The standard InChI is InChI=1S/C27H27N5O4S2/c1-3-36-26(35)30-15-13-29(14-16-30)23-20(24(33)31-12-8-7-11-22(31)28-23)17-21-25(34)32(27(37)38-21)18(2)19-9-5-4-6-10-19/h4-12,17-18H,3,13-16H2,1-2H3/b21-17-/t18-/m1/s1. The minimum atomic E-state index is -0.352. The molecule has 2 saturated heterocycles. The number of thiocarbonyl (C=S) groups is 1. The number of fused-ring (bicyclic) bond motifs is 1. The van der Waals surface area contributed by atoms with Crippen LogP contribution in [-0.4, -0.2) is 68.3 Å². The largest absolute Gasteiger partial charge is 0.450 e. The number of hydrogen-bond acceptors (Lipinski definition) is 8. The molecular weight excluding hydrogens is 522 g/mol. The van der Waals surface area contributed by atoms with Gasteiger partial charge < -0.3 is 14.5 Å². The molecule has 2 aliphatic heterocycles. The van der Waals surface area contributed by atoms with Crippen LogP contribution in [0.5, 0.6) is 0 Å². The summed E-state index contributed by atoms with van der Waals surface area (Å²) >= 11 is 6.77. The third kappa shape index (κ3) is 4.91. The number of carbonyl (C=O) groups is 2. The van der Waals surface area contributed by atoms with Crippen molar-refractivity contribution in [1.82, 2.24) is 19.2 Å². The van der Waals surface area contributed by atoms with E-state index >= 15 is 0 Å². The van der Waals surface area contributed by atoms with Gasteiger partial charge in [0, 0.05) is 32.4 Å². The van der Waals surface area contributed by atoms with Gasteiger partial charge in [0.15, 0.2) is 0 Å². The zero-order chi connectivity index (χ0) is 26.8. The van der Waals surface area contributed by atoms with E-state index in [1.807, 2.05) is 48.2 Å². The lowest BCUT2D eigenvalue weighted by Crippen LogP contribution is -2.49. The summed E-state index contributed by atoms with van der Waals surface area (Å²) in [5.41, 5.74) is 1.51. The van der Waals surface area contributed by atoms with Gasteiger partial charge in [-0.2, -0.15) is 0 Å². The molecule has 0 spiro atoms. The number of nitrogens with zero attached hydrogens (tertiary/aromatic N) is 5. The van der Waals surface area contributed by atoms with Crippen LogP contribution in [0.1, 0.15) is 31.0 Å². The molecule has 1 aromatic carbocycles. The highest BCUT2D eigenvalue weighted by atomic mass is 32.2. The highest BCUT2D eigenvalue weighted by Gasteiger charge is 2.36. The average Bonchev–Trinajstić information content (AvgIpc) is 3.22. The first kappa shape index (κ1) is 25.9. The molecule has 3 aromatic rings. The Morgan fingerprint density at radius 3 is 2.53 bits per heavy atom. The van der Waals surface area contributed by atoms with Crippen LogP contribution in [0.3, 0.4) is 0 Å². The van der Waals surface area contributed by atoms with E-state index in [1.165, 1.54) is 16.2 Å². The lowest BCUT2D eigenvalue weighted by Gasteiger charge is -2.35. The number of benzene rings is 1. The first-order valence-electron chi connectivity index (χ1n) is 12.4. The number of anilines is 1. The van der Waals surface area contributed by atoms with Crippen molar-refractivity contribution < 1.29 is 14.3 Å². The van der Waals surface area contributed by atoms with Crippen LogP contribution in [0.2, 0.25) is 0 Å². The molecule has 0 radical (unpaired) electrons. The third-order valence-corrected chi connectivity index (χ3v) is 7.95. The first-order chi connectivity index (χ1) is 18.4. The Morgan fingerprint density at radius 2 is 1.82 bits per heavy atom. The molecule has 0 saturated carbocycles. The van der Waals surface area contributed by atoms with E-state index in [-0.39, 0.29) is 23.6 Å². The minimum absolute atomic E-state index is 0.244. The Labute approximate surface area is 229 Å². The minimum Gasteiger partial charge on any atom is -0.450 e. The Morgan fingerprint density at radius 1 is 1.11 bits per heavy atom. The summed E-state index contributed by atoms with van der Waals surface area (Å²) in [5.74, 6) is 0.234. The lowest BCUT2D eigenvalue weighted by atomic mass is 10.1. The Bertz CT molecular complexity index is 1480. The van der Waals surface area contributed by atoms with Gasteiger partial charge in [-0.1, -0.05) is 60.4 Å². The van der Waals surface area contributed by atoms with E-state index in [0.29, 0.717) is 59.0 Å². The highest BCUT2D eigenvalue weighted by molar-refractivity contribution is 8.26. The molecule has 5 rings (SSSR count). The predicted octanol–water partition coefficient (Wildman–Crippen LogP) is 3.94. The van der Waals surface area contributed by atoms with Crippen LogP contribution < -0.4 is 10.5 Å². The quantitative estimate of drug-likeness (QED) is 0.350.